The molecule has 0 unspecified atom stereocenters. The summed E-state index contributed by atoms with van der Waals surface area (Å²) < 4.78 is 13.7. The third-order valence-corrected chi connectivity index (χ3v) is 2.28. The maximum Gasteiger partial charge on any atom is 0.132 e. The Morgan fingerprint density at radius 1 is 1.25 bits per heavy atom. The summed E-state index contributed by atoms with van der Waals surface area (Å²) in [6, 6.07) is 8.19. The number of aryl methyl sites for hydroxylation is 1. The van der Waals surface area contributed by atoms with Gasteiger partial charge < -0.3 is 0 Å². The summed E-state index contributed by atoms with van der Waals surface area (Å²) in [6.45, 7) is 1.90. The zero-order chi connectivity index (χ0) is 11.5. The van der Waals surface area contributed by atoms with Gasteiger partial charge in [0.2, 0.25) is 0 Å². The van der Waals surface area contributed by atoms with Crippen LogP contribution in [0.25, 0.3) is 11.1 Å². The molecule has 0 radical (unpaired) electrons. The molecule has 78 valence electrons. The van der Waals surface area contributed by atoms with E-state index in [2.05, 4.69) is 4.98 Å². The Hall–Kier alpha value is -2.21. The monoisotopic (exact) mass is 212 g/mol. The van der Waals surface area contributed by atoms with Gasteiger partial charge >= 0.3 is 0 Å². The van der Waals surface area contributed by atoms with E-state index in [0.717, 1.165) is 11.1 Å². The van der Waals surface area contributed by atoms with E-state index in [4.69, 9.17) is 5.26 Å². The van der Waals surface area contributed by atoms with E-state index >= 15 is 0 Å². The Labute approximate surface area is 93.0 Å². The molecule has 16 heavy (non-hydrogen) atoms. The molecule has 2 rings (SSSR count). The number of aromatic nitrogens is 1. The zero-order valence-corrected chi connectivity index (χ0v) is 8.74. The van der Waals surface area contributed by atoms with Gasteiger partial charge in [-0.05, 0) is 30.7 Å². The number of hydrogen-bond acceptors (Lipinski definition) is 2. The average molecular weight is 212 g/mol. The van der Waals surface area contributed by atoms with E-state index in [0.29, 0.717) is 11.1 Å². The lowest BCUT2D eigenvalue weighted by atomic mass is 10.0. The number of nitriles is 1. The molecule has 0 saturated carbocycles. The van der Waals surface area contributed by atoms with Gasteiger partial charge in [0.05, 0.1) is 11.6 Å². The van der Waals surface area contributed by atoms with Crippen molar-refractivity contribution in [3.8, 4) is 17.2 Å². The summed E-state index contributed by atoms with van der Waals surface area (Å²) >= 11 is 0. The van der Waals surface area contributed by atoms with Crippen LogP contribution in [0.15, 0.2) is 36.7 Å². The Morgan fingerprint density at radius 3 is 2.69 bits per heavy atom. The number of benzene rings is 1. The van der Waals surface area contributed by atoms with E-state index in [9.17, 15) is 4.39 Å². The first-order valence-electron chi connectivity index (χ1n) is 4.82. The van der Waals surface area contributed by atoms with E-state index in [-0.39, 0.29) is 0 Å². The van der Waals surface area contributed by atoms with Crippen LogP contribution in [0.4, 0.5) is 4.39 Å². The highest BCUT2D eigenvalue weighted by Gasteiger charge is 2.06. The van der Waals surface area contributed by atoms with E-state index in [1.807, 2.05) is 19.1 Å². The van der Waals surface area contributed by atoms with Crippen molar-refractivity contribution in [3.63, 3.8) is 0 Å². The molecule has 0 amide bonds. The lowest BCUT2D eigenvalue weighted by molar-refractivity contribution is 0.631. The predicted molar refractivity (Wildman–Crippen MR) is 59.1 cm³/mol. The average Bonchev–Trinajstić information content (AvgIpc) is 2.28. The SMILES string of the molecule is Cc1cncc(-c2ccc(C#N)cc2F)c1. The first-order chi connectivity index (χ1) is 7.70. The Morgan fingerprint density at radius 2 is 2.06 bits per heavy atom. The maximum atomic E-state index is 13.7. The molecule has 2 nitrogen and oxygen atoms in total. The number of rotatable bonds is 1. The maximum absolute atomic E-state index is 13.7. The molecule has 2 aromatic rings. The van der Waals surface area contributed by atoms with Gasteiger partial charge in [-0.2, -0.15) is 5.26 Å². The van der Waals surface area contributed by atoms with E-state index < -0.39 is 5.82 Å². The minimum Gasteiger partial charge on any atom is -0.264 e. The molecule has 0 aliphatic rings. The third-order valence-electron chi connectivity index (χ3n) is 2.28. The standard InChI is InChI=1S/C13H9FN2/c1-9-4-11(8-16-7-9)12-3-2-10(6-15)5-13(12)14/h2-5,7-8H,1H3. The molecule has 0 aliphatic heterocycles. The summed E-state index contributed by atoms with van der Waals surface area (Å²) in [6.07, 6.45) is 3.32. The molecule has 0 N–H and O–H groups in total. The minimum atomic E-state index is -0.397. The van der Waals surface area contributed by atoms with Crippen molar-refractivity contribution in [1.29, 1.82) is 5.26 Å². The van der Waals surface area contributed by atoms with Gasteiger partial charge in [0, 0.05) is 23.5 Å². The zero-order valence-electron chi connectivity index (χ0n) is 8.74. The lowest BCUT2D eigenvalue weighted by Gasteiger charge is -2.03. The van der Waals surface area contributed by atoms with Gasteiger partial charge in [0.15, 0.2) is 0 Å². The van der Waals surface area contributed by atoms with Crippen LogP contribution in [-0.4, -0.2) is 4.98 Å². The molecule has 1 aromatic carbocycles. The molecule has 0 atom stereocenters. The van der Waals surface area contributed by atoms with Crippen molar-refractivity contribution in [2.75, 3.05) is 0 Å². The van der Waals surface area contributed by atoms with Crippen molar-refractivity contribution in [2.45, 2.75) is 6.92 Å². The lowest BCUT2D eigenvalue weighted by Crippen LogP contribution is -1.88. The first kappa shape index (κ1) is 10.3. The van der Waals surface area contributed by atoms with Crippen LogP contribution in [0.1, 0.15) is 11.1 Å². The normalized spacial score (nSPS) is 9.81. The van der Waals surface area contributed by atoms with Gasteiger partial charge in [-0.3, -0.25) is 4.98 Å². The Bertz CT molecular complexity index is 570. The molecule has 0 fully saturated rings. The fraction of sp³-hybridized carbons (Fsp3) is 0.0769. The Kier molecular flexibility index (Phi) is 2.65. The fourth-order valence-electron chi connectivity index (χ4n) is 1.52. The first-order valence-corrected chi connectivity index (χ1v) is 4.82. The second-order valence-electron chi connectivity index (χ2n) is 3.56. The molecule has 1 heterocycles. The summed E-state index contributed by atoms with van der Waals surface area (Å²) in [5.41, 5.74) is 2.49. The fourth-order valence-corrected chi connectivity index (χ4v) is 1.52. The second-order valence-corrected chi connectivity index (χ2v) is 3.56. The molecule has 0 saturated heterocycles. The minimum absolute atomic E-state index is 0.321. The quantitative estimate of drug-likeness (QED) is 0.728. The molecular formula is C13H9FN2. The highest BCUT2D eigenvalue weighted by molar-refractivity contribution is 5.64. The number of nitrogens with zero attached hydrogens (tertiary/aromatic N) is 2. The van der Waals surface area contributed by atoms with Crippen molar-refractivity contribution in [2.24, 2.45) is 0 Å². The van der Waals surface area contributed by atoms with Crippen LogP contribution in [0, 0.1) is 24.1 Å². The predicted octanol–water partition coefficient (Wildman–Crippen LogP) is 3.07. The van der Waals surface area contributed by atoms with Crippen molar-refractivity contribution in [1.82, 2.24) is 4.98 Å². The van der Waals surface area contributed by atoms with Crippen LogP contribution in [0.3, 0.4) is 0 Å². The highest BCUT2D eigenvalue weighted by Crippen LogP contribution is 2.23. The van der Waals surface area contributed by atoms with E-state index in [1.54, 1.807) is 24.5 Å². The number of pyridine rings is 1. The molecule has 0 spiro atoms. The Balaban J connectivity index is 2.53. The van der Waals surface area contributed by atoms with Crippen molar-refractivity contribution in [3.05, 3.63) is 53.6 Å². The topological polar surface area (TPSA) is 36.7 Å². The number of hydrogen-bond donors (Lipinski definition) is 0. The summed E-state index contributed by atoms with van der Waals surface area (Å²) in [4.78, 5) is 4.01. The molecule has 0 aliphatic carbocycles. The van der Waals surface area contributed by atoms with Crippen LogP contribution in [-0.2, 0) is 0 Å². The highest BCUT2D eigenvalue weighted by atomic mass is 19.1. The summed E-state index contributed by atoms with van der Waals surface area (Å²) in [5.74, 6) is -0.397. The summed E-state index contributed by atoms with van der Waals surface area (Å²) in [7, 11) is 0. The molecule has 0 bridgehead atoms. The van der Waals surface area contributed by atoms with Crippen LogP contribution < -0.4 is 0 Å². The van der Waals surface area contributed by atoms with Crippen LogP contribution in [0.5, 0.6) is 0 Å². The van der Waals surface area contributed by atoms with Gasteiger partial charge in [-0.25, -0.2) is 4.39 Å². The van der Waals surface area contributed by atoms with Gasteiger partial charge in [-0.15, -0.1) is 0 Å². The van der Waals surface area contributed by atoms with Crippen LogP contribution in [0.2, 0.25) is 0 Å². The van der Waals surface area contributed by atoms with Crippen molar-refractivity contribution >= 4 is 0 Å². The second kappa shape index (κ2) is 4.11. The molecule has 3 heteroatoms. The van der Waals surface area contributed by atoms with Crippen LogP contribution >= 0.6 is 0 Å². The smallest absolute Gasteiger partial charge is 0.132 e. The van der Waals surface area contributed by atoms with E-state index in [1.165, 1.54) is 6.07 Å². The number of halogens is 1. The largest absolute Gasteiger partial charge is 0.264 e. The van der Waals surface area contributed by atoms with Crippen molar-refractivity contribution < 1.29 is 4.39 Å². The molecule has 1 aromatic heterocycles. The van der Waals surface area contributed by atoms with Gasteiger partial charge in [0.1, 0.15) is 5.82 Å². The third kappa shape index (κ3) is 1.91. The summed E-state index contributed by atoms with van der Waals surface area (Å²) in [5, 5.41) is 8.64. The molecular weight excluding hydrogens is 203 g/mol. The van der Waals surface area contributed by atoms with Gasteiger partial charge in [-0.1, -0.05) is 6.07 Å². The van der Waals surface area contributed by atoms with Gasteiger partial charge in [0.25, 0.3) is 0 Å².